The van der Waals surface area contributed by atoms with Gasteiger partial charge in [0.05, 0.1) is 7.11 Å². The van der Waals surface area contributed by atoms with Crippen LogP contribution < -0.4 is 10.5 Å². The predicted molar refractivity (Wildman–Crippen MR) is 60.5 cm³/mol. The number of halogens is 1. The molecule has 1 aromatic heterocycles. The van der Waals surface area contributed by atoms with E-state index in [2.05, 4.69) is 20.9 Å². The Balaban J connectivity index is 2.67. The van der Waals surface area contributed by atoms with Crippen molar-refractivity contribution in [2.24, 2.45) is 5.73 Å². The van der Waals surface area contributed by atoms with E-state index in [-0.39, 0.29) is 0 Å². The molecule has 0 amide bonds. The van der Waals surface area contributed by atoms with Crippen LogP contribution >= 0.6 is 15.9 Å². The number of unbranched alkanes of at least 4 members (excludes halogenated alkanes) is 1. The fraction of sp³-hybridized carbons (Fsp3) is 0.500. The first kappa shape index (κ1) is 11.5. The zero-order valence-electron chi connectivity index (χ0n) is 8.29. The average molecular weight is 259 g/mol. The zero-order valence-corrected chi connectivity index (χ0v) is 9.88. The summed E-state index contributed by atoms with van der Waals surface area (Å²) in [6.07, 6.45) is 4.82. The first-order valence-electron chi connectivity index (χ1n) is 4.66. The fourth-order valence-electron chi connectivity index (χ4n) is 1.29. The molecule has 0 spiro atoms. The Morgan fingerprint density at radius 1 is 1.50 bits per heavy atom. The van der Waals surface area contributed by atoms with Crippen molar-refractivity contribution in [1.82, 2.24) is 4.98 Å². The minimum absolute atomic E-state index is 0.713. The SMILES string of the molecule is COc1ncc(Br)cc1CCCCN. The summed E-state index contributed by atoms with van der Waals surface area (Å²) in [7, 11) is 1.64. The van der Waals surface area contributed by atoms with Gasteiger partial charge in [0.15, 0.2) is 0 Å². The van der Waals surface area contributed by atoms with Crippen LogP contribution in [0.1, 0.15) is 18.4 Å². The van der Waals surface area contributed by atoms with Crippen LogP contribution in [0.3, 0.4) is 0 Å². The molecule has 0 atom stereocenters. The molecule has 0 aliphatic heterocycles. The Bertz CT molecular complexity index is 291. The second-order valence-corrected chi connectivity index (χ2v) is 3.98. The third-order valence-corrected chi connectivity index (χ3v) is 2.42. The van der Waals surface area contributed by atoms with Crippen LogP contribution in [0.2, 0.25) is 0 Å². The minimum atomic E-state index is 0.713. The number of hydrogen-bond donors (Lipinski definition) is 1. The second-order valence-electron chi connectivity index (χ2n) is 3.07. The number of ether oxygens (including phenoxy) is 1. The van der Waals surface area contributed by atoms with Crippen LogP contribution in [0.5, 0.6) is 5.88 Å². The molecule has 0 aliphatic carbocycles. The maximum Gasteiger partial charge on any atom is 0.216 e. The van der Waals surface area contributed by atoms with Crippen LogP contribution in [0.4, 0.5) is 0 Å². The molecule has 4 heteroatoms. The number of nitrogens with two attached hydrogens (primary N) is 1. The maximum atomic E-state index is 5.44. The molecule has 1 rings (SSSR count). The summed E-state index contributed by atoms with van der Waals surface area (Å²) in [4.78, 5) is 4.18. The van der Waals surface area contributed by atoms with Crippen molar-refractivity contribution in [3.63, 3.8) is 0 Å². The number of aryl methyl sites for hydroxylation is 1. The number of rotatable bonds is 5. The van der Waals surface area contributed by atoms with Gasteiger partial charge < -0.3 is 10.5 Å². The molecule has 0 aromatic carbocycles. The monoisotopic (exact) mass is 258 g/mol. The number of nitrogens with zero attached hydrogens (tertiary/aromatic N) is 1. The summed E-state index contributed by atoms with van der Waals surface area (Å²) in [5.41, 5.74) is 6.57. The lowest BCUT2D eigenvalue weighted by molar-refractivity contribution is 0.391. The molecule has 3 nitrogen and oxygen atoms in total. The van der Waals surface area contributed by atoms with Gasteiger partial charge in [-0.15, -0.1) is 0 Å². The van der Waals surface area contributed by atoms with Gasteiger partial charge in [-0.3, -0.25) is 0 Å². The molecule has 0 saturated heterocycles. The van der Waals surface area contributed by atoms with E-state index >= 15 is 0 Å². The van der Waals surface area contributed by atoms with Crippen LogP contribution in [0.25, 0.3) is 0 Å². The molecule has 0 radical (unpaired) electrons. The average Bonchev–Trinajstić information content (AvgIpc) is 2.19. The van der Waals surface area contributed by atoms with Crippen molar-refractivity contribution in [2.75, 3.05) is 13.7 Å². The topological polar surface area (TPSA) is 48.1 Å². The molecule has 0 unspecified atom stereocenters. The zero-order chi connectivity index (χ0) is 10.4. The quantitative estimate of drug-likeness (QED) is 0.824. The van der Waals surface area contributed by atoms with E-state index in [1.165, 1.54) is 0 Å². The smallest absolute Gasteiger partial charge is 0.216 e. The minimum Gasteiger partial charge on any atom is -0.481 e. The van der Waals surface area contributed by atoms with Crippen molar-refractivity contribution < 1.29 is 4.74 Å². The second kappa shape index (κ2) is 5.98. The normalized spacial score (nSPS) is 10.2. The van der Waals surface area contributed by atoms with E-state index in [9.17, 15) is 0 Å². The Hall–Kier alpha value is -0.610. The molecule has 0 saturated carbocycles. The summed E-state index contributed by atoms with van der Waals surface area (Å²) in [5.74, 6) is 0.713. The standard InChI is InChI=1S/C10H15BrN2O/c1-14-10-8(4-2-3-5-12)6-9(11)7-13-10/h6-7H,2-5,12H2,1H3. The van der Waals surface area contributed by atoms with Gasteiger partial charge in [-0.1, -0.05) is 0 Å². The first-order chi connectivity index (χ1) is 6.77. The predicted octanol–water partition coefficient (Wildman–Crippen LogP) is 2.13. The van der Waals surface area contributed by atoms with Crippen molar-refractivity contribution in [1.29, 1.82) is 0 Å². The maximum absolute atomic E-state index is 5.44. The van der Waals surface area contributed by atoms with E-state index in [1.54, 1.807) is 13.3 Å². The van der Waals surface area contributed by atoms with Crippen molar-refractivity contribution in [3.05, 3.63) is 22.3 Å². The van der Waals surface area contributed by atoms with Gasteiger partial charge in [-0.2, -0.15) is 0 Å². The summed E-state index contributed by atoms with van der Waals surface area (Å²) < 4.78 is 6.15. The van der Waals surface area contributed by atoms with Crippen molar-refractivity contribution in [2.45, 2.75) is 19.3 Å². The van der Waals surface area contributed by atoms with Gasteiger partial charge in [-0.05, 0) is 47.8 Å². The molecule has 14 heavy (non-hydrogen) atoms. The van der Waals surface area contributed by atoms with Crippen molar-refractivity contribution in [3.8, 4) is 5.88 Å². The van der Waals surface area contributed by atoms with Gasteiger partial charge in [0.1, 0.15) is 0 Å². The molecule has 0 aliphatic rings. The van der Waals surface area contributed by atoms with Gasteiger partial charge in [0.2, 0.25) is 5.88 Å². The van der Waals surface area contributed by atoms with Gasteiger partial charge in [0.25, 0.3) is 0 Å². The molecule has 78 valence electrons. The molecule has 1 aromatic rings. The summed E-state index contributed by atoms with van der Waals surface area (Å²) in [6, 6.07) is 2.04. The molecule has 0 fully saturated rings. The van der Waals surface area contributed by atoms with Gasteiger partial charge in [0, 0.05) is 16.2 Å². The lowest BCUT2D eigenvalue weighted by atomic mass is 10.1. The van der Waals surface area contributed by atoms with Crippen LogP contribution in [0, 0.1) is 0 Å². The highest BCUT2D eigenvalue weighted by molar-refractivity contribution is 9.10. The Morgan fingerprint density at radius 3 is 2.93 bits per heavy atom. The molecule has 0 bridgehead atoms. The number of methoxy groups -OCH3 is 1. The number of pyridine rings is 1. The van der Waals surface area contributed by atoms with E-state index < -0.39 is 0 Å². The summed E-state index contributed by atoms with van der Waals surface area (Å²) in [6.45, 7) is 0.740. The molecule has 1 heterocycles. The Labute approximate surface area is 92.8 Å². The van der Waals surface area contributed by atoms with E-state index in [1.807, 2.05) is 6.07 Å². The van der Waals surface area contributed by atoms with Gasteiger partial charge in [-0.25, -0.2) is 4.98 Å². The highest BCUT2D eigenvalue weighted by Gasteiger charge is 2.04. The molecular formula is C10H15BrN2O. The highest BCUT2D eigenvalue weighted by atomic mass is 79.9. The summed E-state index contributed by atoms with van der Waals surface area (Å²) >= 11 is 3.39. The molecular weight excluding hydrogens is 244 g/mol. The Morgan fingerprint density at radius 2 is 2.29 bits per heavy atom. The lowest BCUT2D eigenvalue weighted by Crippen LogP contribution is -2.00. The Kier molecular flexibility index (Phi) is 4.90. The molecule has 2 N–H and O–H groups in total. The van der Waals surface area contributed by atoms with Crippen LogP contribution in [0.15, 0.2) is 16.7 Å². The van der Waals surface area contributed by atoms with Crippen LogP contribution in [-0.4, -0.2) is 18.6 Å². The number of aromatic nitrogens is 1. The third kappa shape index (κ3) is 3.27. The van der Waals surface area contributed by atoms with E-state index in [4.69, 9.17) is 10.5 Å². The largest absolute Gasteiger partial charge is 0.481 e. The van der Waals surface area contributed by atoms with Crippen molar-refractivity contribution >= 4 is 15.9 Å². The van der Waals surface area contributed by atoms with E-state index in [0.29, 0.717) is 5.88 Å². The first-order valence-corrected chi connectivity index (χ1v) is 5.45. The third-order valence-electron chi connectivity index (χ3n) is 1.99. The fourth-order valence-corrected chi connectivity index (χ4v) is 1.67. The van der Waals surface area contributed by atoms with E-state index in [0.717, 1.165) is 35.8 Å². The van der Waals surface area contributed by atoms with Crippen LogP contribution in [-0.2, 0) is 6.42 Å². The van der Waals surface area contributed by atoms with Gasteiger partial charge >= 0.3 is 0 Å². The number of hydrogen-bond acceptors (Lipinski definition) is 3. The highest BCUT2D eigenvalue weighted by Crippen LogP contribution is 2.21. The summed E-state index contributed by atoms with van der Waals surface area (Å²) in [5, 5.41) is 0. The lowest BCUT2D eigenvalue weighted by Gasteiger charge is -2.06.